The summed E-state index contributed by atoms with van der Waals surface area (Å²) in [5, 5.41) is 19.0. The van der Waals surface area contributed by atoms with E-state index in [1.807, 2.05) is 30.3 Å². The fraction of sp³-hybridized carbons (Fsp3) is 0. The van der Waals surface area contributed by atoms with E-state index in [2.05, 4.69) is 162 Å². The Kier molecular flexibility index (Phi) is 8.31. The number of hydrogen-bond acceptors (Lipinski definition) is 4. The quantitative estimate of drug-likeness (QED) is 0.130. The molecular weight excluding hydrogens is 645 g/mol. The molecule has 2 N–H and O–H groups in total. The minimum absolute atomic E-state index is 0.340. The zero-order valence-corrected chi connectivity index (χ0v) is 28.9. The summed E-state index contributed by atoms with van der Waals surface area (Å²) in [7, 11) is 0. The van der Waals surface area contributed by atoms with Crippen molar-refractivity contribution in [1.82, 2.24) is 4.98 Å². The summed E-state index contributed by atoms with van der Waals surface area (Å²) in [4.78, 5) is 4.15. The standard InChI is InChI=1S/C49H34N4/c50-48-32-45(37-14-12-35(13-15-37)43-22-18-33-6-1-3-8-40(33)28-43)31-47(49(48)53-52-46-11-5-10-42(30-46)38-24-26-51-27-25-38)39-20-16-36(17-21-39)44-23-19-34-7-2-4-9-41(34)29-44/h1-32,50,52H/b50-48?,53-49-. The third-order valence-corrected chi connectivity index (χ3v) is 9.86. The van der Waals surface area contributed by atoms with Crippen LogP contribution in [0.1, 0.15) is 11.1 Å². The van der Waals surface area contributed by atoms with Gasteiger partial charge in [0, 0.05) is 18.0 Å². The fourth-order valence-corrected chi connectivity index (χ4v) is 7.01. The van der Waals surface area contributed by atoms with E-state index in [4.69, 9.17) is 5.10 Å². The third-order valence-electron chi connectivity index (χ3n) is 9.86. The van der Waals surface area contributed by atoms with Crippen LogP contribution < -0.4 is 5.43 Å². The van der Waals surface area contributed by atoms with E-state index in [9.17, 15) is 5.41 Å². The molecule has 1 heterocycles. The molecule has 0 fully saturated rings. The molecule has 53 heavy (non-hydrogen) atoms. The summed E-state index contributed by atoms with van der Waals surface area (Å²) in [5.41, 5.74) is 15.7. The van der Waals surface area contributed by atoms with Gasteiger partial charge >= 0.3 is 0 Å². The van der Waals surface area contributed by atoms with Crippen LogP contribution in [0.2, 0.25) is 0 Å². The third kappa shape index (κ3) is 6.58. The van der Waals surface area contributed by atoms with Gasteiger partial charge in [-0.3, -0.25) is 15.8 Å². The monoisotopic (exact) mass is 678 g/mol. The van der Waals surface area contributed by atoms with Crippen molar-refractivity contribution in [2.24, 2.45) is 5.10 Å². The number of pyridine rings is 1. The second kappa shape index (κ2) is 13.9. The number of hydrazone groups is 1. The molecule has 8 aromatic rings. The molecule has 0 amide bonds. The molecule has 0 bridgehead atoms. The summed E-state index contributed by atoms with van der Waals surface area (Å²) in [6.07, 6.45) is 7.65. The first-order valence-corrected chi connectivity index (χ1v) is 17.7. The number of benzene rings is 7. The summed E-state index contributed by atoms with van der Waals surface area (Å²) in [5.74, 6) is 0. The van der Waals surface area contributed by atoms with Crippen LogP contribution >= 0.6 is 0 Å². The number of rotatable bonds is 7. The van der Waals surface area contributed by atoms with E-state index >= 15 is 0 Å². The molecule has 9 rings (SSSR count). The number of nitrogens with zero attached hydrogens (tertiary/aromatic N) is 2. The van der Waals surface area contributed by atoms with Crippen LogP contribution in [-0.4, -0.2) is 16.4 Å². The van der Waals surface area contributed by atoms with Gasteiger partial charge in [-0.1, -0.05) is 133 Å². The Balaban J connectivity index is 1.06. The Morgan fingerprint density at radius 1 is 0.415 bits per heavy atom. The second-order valence-corrected chi connectivity index (χ2v) is 13.2. The average molecular weight is 679 g/mol. The lowest BCUT2D eigenvalue weighted by molar-refractivity contribution is 1.32. The van der Waals surface area contributed by atoms with Gasteiger partial charge in [-0.05, 0) is 120 Å². The van der Waals surface area contributed by atoms with Crippen molar-refractivity contribution in [2.75, 3.05) is 5.43 Å². The van der Waals surface area contributed by atoms with Crippen molar-refractivity contribution < 1.29 is 0 Å². The van der Waals surface area contributed by atoms with Gasteiger partial charge in [0.1, 0.15) is 5.71 Å². The highest BCUT2D eigenvalue weighted by Crippen LogP contribution is 2.33. The highest BCUT2D eigenvalue weighted by molar-refractivity contribution is 6.62. The normalized spacial score (nSPS) is 13.6. The summed E-state index contributed by atoms with van der Waals surface area (Å²) < 4.78 is 0. The molecule has 4 nitrogen and oxygen atoms in total. The molecule has 0 spiro atoms. The van der Waals surface area contributed by atoms with E-state index in [1.54, 1.807) is 12.4 Å². The lowest BCUT2D eigenvalue weighted by Crippen LogP contribution is -2.19. The van der Waals surface area contributed by atoms with E-state index < -0.39 is 0 Å². The Bertz CT molecular complexity index is 2740. The molecule has 4 heteroatoms. The van der Waals surface area contributed by atoms with Gasteiger partial charge in [0.25, 0.3) is 0 Å². The summed E-state index contributed by atoms with van der Waals surface area (Å²) in [6, 6.07) is 59.3. The molecule has 0 radical (unpaired) electrons. The molecular formula is C49H34N4. The molecule has 0 saturated carbocycles. The Hall–Kier alpha value is -7.17. The molecule has 7 aromatic carbocycles. The van der Waals surface area contributed by atoms with Crippen LogP contribution in [0.15, 0.2) is 200 Å². The molecule has 0 atom stereocenters. The highest BCUT2D eigenvalue weighted by atomic mass is 15.3. The SMILES string of the molecule is N=C1C=C(c2ccc(-c3ccc4ccccc4c3)cc2)C=C(c2ccc(-c3ccc4ccccc4c3)cc2)/C1=N/Nc1cccc(-c2ccncc2)c1. The first kappa shape index (κ1) is 31.8. The minimum Gasteiger partial charge on any atom is -0.299 e. The van der Waals surface area contributed by atoms with Gasteiger partial charge in [0.15, 0.2) is 0 Å². The van der Waals surface area contributed by atoms with Gasteiger partial charge in [0.05, 0.1) is 11.4 Å². The molecule has 250 valence electrons. The number of fused-ring (bicyclic) bond motifs is 2. The predicted octanol–water partition coefficient (Wildman–Crippen LogP) is 12.4. The Labute approximate surface area is 308 Å². The average Bonchev–Trinajstić information content (AvgIpc) is 3.23. The van der Waals surface area contributed by atoms with E-state index in [-0.39, 0.29) is 0 Å². The zero-order chi connectivity index (χ0) is 35.6. The fourth-order valence-electron chi connectivity index (χ4n) is 7.01. The van der Waals surface area contributed by atoms with Crippen molar-refractivity contribution in [3.63, 3.8) is 0 Å². The summed E-state index contributed by atoms with van der Waals surface area (Å²) in [6.45, 7) is 0. The maximum atomic E-state index is 9.26. The van der Waals surface area contributed by atoms with Crippen LogP contribution in [0.4, 0.5) is 5.69 Å². The Morgan fingerprint density at radius 2 is 0.925 bits per heavy atom. The van der Waals surface area contributed by atoms with Crippen molar-refractivity contribution in [3.8, 4) is 33.4 Å². The molecule has 0 unspecified atom stereocenters. The first-order valence-electron chi connectivity index (χ1n) is 17.7. The molecule has 1 aliphatic carbocycles. The number of allylic oxidation sites excluding steroid dienone is 4. The molecule has 0 saturated heterocycles. The van der Waals surface area contributed by atoms with Crippen LogP contribution in [0, 0.1) is 5.41 Å². The predicted molar refractivity (Wildman–Crippen MR) is 223 cm³/mol. The van der Waals surface area contributed by atoms with E-state index in [0.717, 1.165) is 55.8 Å². The van der Waals surface area contributed by atoms with E-state index in [0.29, 0.717) is 11.4 Å². The lowest BCUT2D eigenvalue weighted by Gasteiger charge is -2.19. The van der Waals surface area contributed by atoms with E-state index in [1.165, 1.54) is 27.1 Å². The summed E-state index contributed by atoms with van der Waals surface area (Å²) >= 11 is 0. The number of aromatic nitrogens is 1. The topological polar surface area (TPSA) is 61.1 Å². The van der Waals surface area contributed by atoms with Crippen LogP contribution in [0.5, 0.6) is 0 Å². The molecule has 0 aliphatic heterocycles. The number of nitrogens with one attached hydrogen (secondary N) is 2. The van der Waals surface area contributed by atoms with Gasteiger partial charge in [0.2, 0.25) is 0 Å². The van der Waals surface area contributed by atoms with Crippen LogP contribution in [-0.2, 0) is 0 Å². The lowest BCUT2D eigenvalue weighted by atomic mass is 9.87. The van der Waals surface area contributed by atoms with Gasteiger partial charge in [-0.2, -0.15) is 5.10 Å². The maximum absolute atomic E-state index is 9.26. The van der Waals surface area contributed by atoms with Crippen molar-refractivity contribution in [1.29, 1.82) is 5.41 Å². The van der Waals surface area contributed by atoms with Gasteiger partial charge < -0.3 is 0 Å². The van der Waals surface area contributed by atoms with Crippen LogP contribution in [0.3, 0.4) is 0 Å². The van der Waals surface area contributed by atoms with Gasteiger partial charge in [-0.25, -0.2) is 0 Å². The number of anilines is 1. The van der Waals surface area contributed by atoms with Crippen LogP contribution in [0.25, 0.3) is 66.1 Å². The molecule has 1 aliphatic rings. The Morgan fingerprint density at radius 3 is 1.55 bits per heavy atom. The van der Waals surface area contributed by atoms with Crippen molar-refractivity contribution in [3.05, 3.63) is 206 Å². The van der Waals surface area contributed by atoms with Crippen molar-refractivity contribution >= 4 is 49.8 Å². The smallest absolute Gasteiger partial charge is 0.116 e. The minimum atomic E-state index is 0.340. The highest BCUT2D eigenvalue weighted by Gasteiger charge is 2.21. The maximum Gasteiger partial charge on any atom is 0.116 e. The zero-order valence-electron chi connectivity index (χ0n) is 28.9. The van der Waals surface area contributed by atoms with Crippen molar-refractivity contribution in [2.45, 2.75) is 0 Å². The first-order chi connectivity index (χ1) is 26.1. The largest absolute Gasteiger partial charge is 0.299 e. The second-order valence-electron chi connectivity index (χ2n) is 13.2. The van der Waals surface area contributed by atoms with Gasteiger partial charge in [-0.15, -0.1) is 0 Å². The molecule has 1 aromatic heterocycles. The number of hydrogen-bond donors (Lipinski definition) is 2.